The van der Waals surface area contributed by atoms with Crippen molar-refractivity contribution in [3.8, 4) is 11.5 Å². The second kappa shape index (κ2) is 8.82. The fourth-order valence-electron chi connectivity index (χ4n) is 2.21. The Hall–Kier alpha value is -1.96. The van der Waals surface area contributed by atoms with Gasteiger partial charge in [0.15, 0.2) is 11.6 Å². The number of halogens is 2. The van der Waals surface area contributed by atoms with Gasteiger partial charge in [0.05, 0.1) is 33.2 Å². The molecule has 2 aromatic rings. The number of aliphatic carboxylic acids is 1. The first-order valence-electron chi connectivity index (χ1n) is 8.20. The average molecular weight is 414 g/mol. The van der Waals surface area contributed by atoms with Crippen LogP contribution in [0.3, 0.4) is 0 Å². The van der Waals surface area contributed by atoms with Crippen LogP contribution in [0.5, 0.6) is 11.5 Å². The molecule has 2 N–H and O–H groups in total. The summed E-state index contributed by atoms with van der Waals surface area (Å²) in [6.07, 6.45) is -0.453. The van der Waals surface area contributed by atoms with Gasteiger partial charge in [0, 0.05) is 5.56 Å². The molecule has 0 aliphatic rings. The molecule has 2 atom stereocenters. The summed E-state index contributed by atoms with van der Waals surface area (Å²) >= 11 is 6.08. The Morgan fingerprint density at radius 3 is 2.44 bits per heavy atom. The van der Waals surface area contributed by atoms with E-state index in [9.17, 15) is 14.1 Å². The summed E-state index contributed by atoms with van der Waals surface area (Å²) in [7, 11) is -1.60. The average Bonchev–Trinajstić information content (AvgIpc) is 2.58. The van der Waals surface area contributed by atoms with Crippen molar-refractivity contribution < 1.29 is 23.2 Å². The Balaban J connectivity index is 2.42. The Morgan fingerprint density at radius 2 is 1.89 bits per heavy atom. The monoisotopic (exact) mass is 413 g/mol. The summed E-state index contributed by atoms with van der Waals surface area (Å²) in [5.74, 6) is -1.77. The van der Waals surface area contributed by atoms with Crippen LogP contribution in [0.1, 0.15) is 38.8 Å². The summed E-state index contributed by atoms with van der Waals surface area (Å²) in [5.41, 5.74) is 0.0188. The second-order valence-electron chi connectivity index (χ2n) is 6.84. The summed E-state index contributed by atoms with van der Waals surface area (Å²) < 4.78 is 35.1. The smallest absolute Gasteiger partial charge is 0.305 e. The molecule has 0 aliphatic carbocycles. The van der Waals surface area contributed by atoms with Crippen LogP contribution in [0.4, 0.5) is 4.39 Å². The number of benzene rings is 2. The molecule has 0 aromatic heterocycles. The molecule has 0 saturated carbocycles. The molecule has 0 bridgehead atoms. The van der Waals surface area contributed by atoms with E-state index in [-0.39, 0.29) is 16.3 Å². The molecule has 8 heteroatoms. The zero-order valence-electron chi connectivity index (χ0n) is 15.2. The molecule has 0 heterocycles. The van der Waals surface area contributed by atoms with Crippen molar-refractivity contribution in [1.82, 2.24) is 4.72 Å². The highest BCUT2D eigenvalue weighted by Crippen LogP contribution is 2.36. The van der Waals surface area contributed by atoms with Crippen LogP contribution < -0.4 is 9.46 Å². The summed E-state index contributed by atoms with van der Waals surface area (Å²) in [6, 6.07) is 10.3. The van der Waals surface area contributed by atoms with Crippen LogP contribution in [-0.2, 0) is 15.8 Å². The topological polar surface area (TPSA) is 75.6 Å². The van der Waals surface area contributed by atoms with Crippen molar-refractivity contribution in [2.45, 2.75) is 38.0 Å². The van der Waals surface area contributed by atoms with E-state index in [1.807, 2.05) is 0 Å². The summed E-state index contributed by atoms with van der Waals surface area (Å²) in [6.45, 7) is 5.20. The molecular formula is C19H21ClFNO4S. The van der Waals surface area contributed by atoms with E-state index in [1.54, 1.807) is 51.1 Å². The zero-order chi connectivity index (χ0) is 20.2. The quantitative estimate of drug-likeness (QED) is 0.681. The van der Waals surface area contributed by atoms with Crippen molar-refractivity contribution in [1.29, 1.82) is 0 Å². The van der Waals surface area contributed by atoms with Gasteiger partial charge in [0.2, 0.25) is 0 Å². The molecule has 0 radical (unpaired) electrons. The molecule has 0 fully saturated rings. The van der Waals surface area contributed by atoms with Gasteiger partial charge < -0.3 is 9.84 Å². The van der Waals surface area contributed by atoms with Crippen LogP contribution in [0, 0.1) is 5.82 Å². The minimum atomic E-state index is -1.60. The molecule has 5 nitrogen and oxygen atoms in total. The number of carboxylic acids is 1. The first-order valence-corrected chi connectivity index (χ1v) is 9.73. The minimum absolute atomic E-state index is 0.0188. The van der Waals surface area contributed by atoms with Gasteiger partial charge in [-0.15, -0.1) is 0 Å². The molecule has 146 valence electrons. The largest absolute Gasteiger partial charge is 0.481 e. The van der Waals surface area contributed by atoms with Crippen molar-refractivity contribution in [3.05, 3.63) is 58.9 Å². The van der Waals surface area contributed by atoms with Crippen molar-refractivity contribution in [2.24, 2.45) is 0 Å². The fourth-order valence-corrected chi connectivity index (χ4v) is 3.22. The number of rotatable bonds is 7. The molecule has 0 saturated heterocycles. The van der Waals surface area contributed by atoms with E-state index in [1.165, 1.54) is 12.1 Å². The number of ether oxygens (including phenoxy) is 1. The number of carboxylic acid groups (broad SMARTS) is 1. The maximum absolute atomic E-state index is 15.1. The van der Waals surface area contributed by atoms with Crippen molar-refractivity contribution in [2.75, 3.05) is 0 Å². The van der Waals surface area contributed by atoms with Crippen LogP contribution in [0.15, 0.2) is 42.5 Å². The van der Waals surface area contributed by atoms with E-state index < -0.39 is 40.0 Å². The predicted octanol–water partition coefficient (Wildman–Crippen LogP) is 4.84. The van der Waals surface area contributed by atoms with Gasteiger partial charge in [-0.05, 0) is 39.0 Å². The Morgan fingerprint density at radius 1 is 1.26 bits per heavy atom. The first kappa shape index (κ1) is 21.3. The molecule has 27 heavy (non-hydrogen) atoms. The first-order chi connectivity index (χ1) is 12.6. The Labute approximate surface area is 165 Å². The molecule has 0 aliphatic heterocycles. The standard InChI is InChI=1S/C19H21ClFNO4S/c1-19(2,3)27(25)22-15(11-16(23)24)13-9-10-14(20)18(17(13)21)26-12-7-5-4-6-8-12/h4-10,15,22H,11H2,1-3H3,(H,23,24)/t15-,27+/m0/s1. The van der Waals surface area contributed by atoms with Gasteiger partial charge >= 0.3 is 5.97 Å². The number of para-hydroxylation sites is 1. The predicted molar refractivity (Wildman–Crippen MR) is 104 cm³/mol. The van der Waals surface area contributed by atoms with Gasteiger partial charge in [-0.3, -0.25) is 4.79 Å². The van der Waals surface area contributed by atoms with Crippen LogP contribution in [-0.4, -0.2) is 20.0 Å². The zero-order valence-corrected chi connectivity index (χ0v) is 16.7. The number of carbonyl (C=O) groups is 1. The van der Waals surface area contributed by atoms with Crippen LogP contribution in [0.2, 0.25) is 5.02 Å². The van der Waals surface area contributed by atoms with Crippen LogP contribution in [0.25, 0.3) is 0 Å². The Bertz CT molecular complexity index is 840. The molecule has 0 amide bonds. The second-order valence-corrected chi connectivity index (χ2v) is 9.25. The van der Waals surface area contributed by atoms with Crippen LogP contribution >= 0.6 is 11.6 Å². The molecule has 2 rings (SSSR count). The van der Waals surface area contributed by atoms with E-state index >= 15 is 4.39 Å². The molecule has 2 aromatic carbocycles. The highest BCUT2D eigenvalue weighted by atomic mass is 35.5. The van der Waals surface area contributed by atoms with E-state index in [4.69, 9.17) is 16.3 Å². The van der Waals surface area contributed by atoms with Gasteiger partial charge in [-0.2, -0.15) is 0 Å². The fraction of sp³-hybridized carbons (Fsp3) is 0.316. The molecular weight excluding hydrogens is 393 g/mol. The number of hydrogen-bond acceptors (Lipinski definition) is 3. The number of hydrogen-bond donors (Lipinski definition) is 2. The third-order valence-corrected chi connectivity index (χ3v) is 5.51. The maximum atomic E-state index is 15.1. The number of nitrogens with one attached hydrogen (secondary N) is 1. The maximum Gasteiger partial charge on any atom is 0.305 e. The lowest BCUT2D eigenvalue weighted by molar-refractivity contribution is -0.137. The third-order valence-electron chi connectivity index (χ3n) is 3.60. The highest BCUT2D eigenvalue weighted by Gasteiger charge is 2.28. The van der Waals surface area contributed by atoms with Gasteiger partial charge in [0.1, 0.15) is 5.75 Å². The van der Waals surface area contributed by atoms with E-state index in [2.05, 4.69) is 4.72 Å². The van der Waals surface area contributed by atoms with Crippen molar-refractivity contribution >= 4 is 28.6 Å². The van der Waals surface area contributed by atoms with Crippen molar-refractivity contribution in [3.63, 3.8) is 0 Å². The van der Waals surface area contributed by atoms with Gasteiger partial charge in [-0.25, -0.2) is 13.3 Å². The summed E-state index contributed by atoms with van der Waals surface area (Å²) in [5, 5.41) is 9.24. The lowest BCUT2D eigenvalue weighted by atomic mass is 10.0. The van der Waals surface area contributed by atoms with Gasteiger partial charge in [0.25, 0.3) is 0 Å². The third kappa shape index (κ3) is 5.76. The SMILES string of the molecule is CC(C)(C)[S@@](=O)N[C@@H](CC(=O)O)c1ccc(Cl)c(Oc2ccccc2)c1F. The van der Waals surface area contributed by atoms with E-state index in [0.717, 1.165) is 0 Å². The lowest BCUT2D eigenvalue weighted by Gasteiger charge is -2.24. The molecule has 0 spiro atoms. The minimum Gasteiger partial charge on any atom is -0.481 e. The van der Waals surface area contributed by atoms with Gasteiger partial charge in [-0.1, -0.05) is 35.9 Å². The summed E-state index contributed by atoms with van der Waals surface area (Å²) in [4.78, 5) is 11.2. The Kier molecular flexibility index (Phi) is 6.97. The molecule has 0 unspecified atom stereocenters. The normalized spacial score (nSPS) is 13.8. The van der Waals surface area contributed by atoms with E-state index in [0.29, 0.717) is 5.75 Å². The highest BCUT2D eigenvalue weighted by molar-refractivity contribution is 7.84. The lowest BCUT2D eigenvalue weighted by Crippen LogP contribution is -2.36.